The smallest absolute Gasteiger partial charge is 0.319 e. The molecule has 1 aromatic carbocycles. The first kappa shape index (κ1) is 15.2. The topological polar surface area (TPSA) is 77.4 Å². The van der Waals surface area contributed by atoms with Gasteiger partial charge < -0.3 is 24.7 Å². The minimum absolute atomic E-state index is 0.231. The van der Waals surface area contributed by atoms with E-state index in [1.54, 1.807) is 24.7 Å². The van der Waals surface area contributed by atoms with Gasteiger partial charge in [0.15, 0.2) is 11.5 Å². The molecule has 0 fully saturated rings. The Morgan fingerprint density at radius 3 is 2.96 bits per heavy atom. The van der Waals surface area contributed by atoms with Crippen LogP contribution in [0.2, 0.25) is 0 Å². The van der Waals surface area contributed by atoms with E-state index in [1.807, 2.05) is 16.8 Å². The molecule has 2 amide bonds. The Kier molecular flexibility index (Phi) is 4.98. The summed E-state index contributed by atoms with van der Waals surface area (Å²) in [5, 5.41) is 5.63. The number of benzene rings is 1. The molecule has 3 rings (SSSR count). The molecule has 1 aromatic heterocycles. The molecule has 2 N–H and O–H groups in total. The van der Waals surface area contributed by atoms with Crippen molar-refractivity contribution in [2.75, 3.05) is 25.1 Å². The van der Waals surface area contributed by atoms with Gasteiger partial charge in [-0.25, -0.2) is 9.78 Å². The maximum atomic E-state index is 11.9. The molecule has 2 heterocycles. The Hall–Kier alpha value is -2.70. The number of carbonyl (C=O) groups is 1. The van der Waals surface area contributed by atoms with E-state index in [1.165, 1.54) is 0 Å². The highest BCUT2D eigenvalue weighted by atomic mass is 16.5. The number of hydrogen-bond donors (Lipinski definition) is 2. The standard InChI is InChI=1S/C16H20N4O3/c21-16(18-5-1-7-20-8-6-17-12-20)19-13-3-4-14-15(11-13)23-10-2-9-22-14/h3-4,6,8,11-12H,1-2,5,7,9-10H2,(H2,18,19,21). The normalized spacial score (nSPS) is 13.2. The van der Waals surface area contributed by atoms with Crippen LogP contribution in [-0.4, -0.2) is 35.3 Å². The first-order valence-corrected chi connectivity index (χ1v) is 7.71. The number of aromatic nitrogens is 2. The van der Waals surface area contributed by atoms with Gasteiger partial charge in [-0.05, 0) is 18.6 Å². The van der Waals surface area contributed by atoms with Crippen LogP contribution >= 0.6 is 0 Å². The van der Waals surface area contributed by atoms with Gasteiger partial charge in [-0.1, -0.05) is 0 Å². The average Bonchev–Trinajstić information content (AvgIpc) is 2.96. The van der Waals surface area contributed by atoms with Crippen molar-refractivity contribution in [1.82, 2.24) is 14.9 Å². The van der Waals surface area contributed by atoms with Gasteiger partial charge in [0.2, 0.25) is 0 Å². The lowest BCUT2D eigenvalue weighted by Gasteiger charge is -2.11. The molecule has 0 radical (unpaired) electrons. The Balaban J connectivity index is 1.45. The number of amides is 2. The van der Waals surface area contributed by atoms with E-state index in [9.17, 15) is 4.79 Å². The molecule has 7 nitrogen and oxygen atoms in total. The van der Waals surface area contributed by atoms with Crippen LogP contribution in [0.3, 0.4) is 0 Å². The number of urea groups is 1. The third-order valence-corrected chi connectivity index (χ3v) is 3.44. The maximum absolute atomic E-state index is 11.9. The molecule has 1 aliphatic heterocycles. The number of nitrogens with one attached hydrogen (secondary N) is 2. The summed E-state index contributed by atoms with van der Waals surface area (Å²) in [5.74, 6) is 1.38. The second kappa shape index (κ2) is 7.53. The summed E-state index contributed by atoms with van der Waals surface area (Å²) in [6.07, 6.45) is 7.10. The lowest BCUT2D eigenvalue weighted by molar-refractivity contribution is 0.252. The highest BCUT2D eigenvalue weighted by Crippen LogP contribution is 2.32. The molecule has 2 aromatic rings. The zero-order chi connectivity index (χ0) is 15.9. The number of anilines is 1. The number of aryl methyl sites for hydroxylation is 1. The Morgan fingerprint density at radius 1 is 1.26 bits per heavy atom. The van der Waals surface area contributed by atoms with Gasteiger partial charge in [0.1, 0.15) is 0 Å². The van der Waals surface area contributed by atoms with Crippen molar-refractivity contribution >= 4 is 11.7 Å². The number of nitrogens with zero attached hydrogens (tertiary/aromatic N) is 2. The van der Waals surface area contributed by atoms with Crippen molar-refractivity contribution in [3.05, 3.63) is 36.9 Å². The third-order valence-electron chi connectivity index (χ3n) is 3.44. The summed E-state index contributed by atoms with van der Waals surface area (Å²) in [4.78, 5) is 15.9. The first-order valence-electron chi connectivity index (χ1n) is 7.71. The van der Waals surface area contributed by atoms with E-state index in [-0.39, 0.29) is 6.03 Å². The van der Waals surface area contributed by atoms with E-state index in [0.29, 0.717) is 36.9 Å². The zero-order valence-electron chi connectivity index (χ0n) is 12.8. The van der Waals surface area contributed by atoms with Gasteiger partial charge in [0, 0.05) is 43.7 Å². The quantitative estimate of drug-likeness (QED) is 0.830. The zero-order valence-corrected chi connectivity index (χ0v) is 12.8. The van der Waals surface area contributed by atoms with E-state index in [2.05, 4.69) is 15.6 Å². The highest BCUT2D eigenvalue weighted by molar-refractivity contribution is 5.89. The van der Waals surface area contributed by atoms with Crippen LogP contribution in [0.5, 0.6) is 11.5 Å². The summed E-state index contributed by atoms with van der Waals surface area (Å²) in [6.45, 7) is 2.69. The lowest BCUT2D eigenvalue weighted by atomic mass is 10.3. The molecule has 0 saturated heterocycles. The third kappa shape index (κ3) is 4.38. The number of carbonyl (C=O) groups excluding carboxylic acids is 1. The van der Waals surface area contributed by atoms with Gasteiger partial charge in [-0.15, -0.1) is 0 Å². The minimum atomic E-state index is -0.231. The van der Waals surface area contributed by atoms with Crippen molar-refractivity contribution in [2.24, 2.45) is 0 Å². The van der Waals surface area contributed by atoms with Crippen molar-refractivity contribution in [1.29, 1.82) is 0 Å². The molecule has 0 saturated carbocycles. The molecule has 0 unspecified atom stereocenters. The fourth-order valence-electron chi connectivity index (χ4n) is 2.30. The van der Waals surface area contributed by atoms with Crippen molar-refractivity contribution in [2.45, 2.75) is 19.4 Å². The molecule has 0 bridgehead atoms. The van der Waals surface area contributed by atoms with Gasteiger partial charge in [0.25, 0.3) is 0 Å². The minimum Gasteiger partial charge on any atom is -0.490 e. The van der Waals surface area contributed by atoms with Crippen LogP contribution in [0.4, 0.5) is 10.5 Å². The molecule has 1 aliphatic rings. The summed E-state index contributed by atoms with van der Waals surface area (Å²) >= 11 is 0. The van der Waals surface area contributed by atoms with Crippen molar-refractivity contribution in [3.8, 4) is 11.5 Å². The Labute approximate surface area is 134 Å². The largest absolute Gasteiger partial charge is 0.490 e. The molecule has 0 atom stereocenters. The highest BCUT2D eigenvalue weighted by Gasteiger charge is 2.11. The van der Waals surface area contributed by atoms with Gasteiger partial charge >= 0.3 is 6.03 Å². The van der Waals surface area contributed by atoms with Gasteiger partial charge in [0.05, 0.1) is 19.5 Å². The second-order valence-corrected chi connectivity index (χ2v) is 5.25. The van der Waals surface area contributed by atoms with Crippen LogP contribution in [-0.2, 0) is 6.54 Å². The van der Waals surface area contributed by atoms with Crippen molar-refractivity contribution in [3.63, 3.8) is 0 Å². The SMILES string of the molecule is O=C(NCCCn1ccnc1)Nc1ccc2c(c1)OCCCO2. The average molecular weight is 316 g/mol. The van der Waals surface area contributed by atoms with Crippen LogP contribution < -0.4 is 20.1 Å². The second-order valence-electron chi connectivity index (χ2n) is 5.25. The van der Waals surface area contributed by atoms with Crippen LogP contribution in [0.1, 0.15) is 12.8 Å². The Bertz CT molecular complexity index is 643. The predicted octanol–water partition coefficient (Wildman–Crippen LogP) is 2.26. The van der Waals surface area contributed by atoms with Crippen LogP contribution in [0, 0.1) is 0 Å². The molecular formula is C16H20N4O3. The predicted molar refractivity (Wildman–Crippen MR) is 85.9 cm³/mol. The van der Waals surface area contributed by atoms with E-state index in [4.69, 9.17) is 9.47 Å². The Morgan fingerprint density at radius 2 is 2.13 bits per heavy atom. The van der Waals surface area contributed by atoms with Gasteiger partial charge in [-0.3, -0.25) is 0 Å². The summed E-state index contributed by atoms with van der Waals surface area (Å²) in [7, 11) is 0. The molecule has 0 spiro atoms. The first-order chi connectivity index (χ1) is 11.3. The number of rotatable bonds is 5. The number of imidazole rings is 1. The fraction of sp³-hybridized carbons (Fsp3) is 0.375. The monoisotopic (exact) mass is 316 g/mol. The molecule has 23 heavy (non-hydrogen) atoms. The van der Waals surface area contributed by atoms with Crippen molar-refractivity contribution < 1.29 is 14.3 Å². The molecule has 0 aliphatic carbocycles. The summed E-state index contributed by atoms with van der Waals surface area (Å²) in [5.41, 5.74) is 0.682. The maximum Gasteiger partial charge on any atom is 0.319 e. The molecular weight excluding hydrogens is 296 g/mol. The van der Waals surface area contributed by atoms with E-state index in [0.717, 1.165) is 19.4 Å². The van der Waals surface area contributed by atoms with E-state index < -0.39 is 0 Å². The number of fused-ring (bicyclic) bond motifs is 1. The lowest BCUT2D eigenvalue weighted by Crippen LogP contribution is -2.30. The van der Waals surface area contributed by atoms with Crippen LogP contribution in [0.25, 0.3) is 0 Å². The molecule has 122 valence electrons. The summed E-state index contributed by atoms with van der Waals surface area (Å²) < 4.78 is 13.1. The fourth-order valence-corrected chi connectivity index (χ4v) is 2.30. The molecule has 7 heteroatoms. The number of ether oxygens (including phenoxy) is 2. The van der Waals surface area contributed by atoms with Gasteiger partial charge in [-0.2, -0.15) is 0 Å². The summed E-state index contributed by atoms with van der Waals surface area (Å²) in [6, 6.07) is 5.17. The van der Waals surface area contributed by atoms with Crippen LogP contribution in [0.15, 0.2) is 36.9 Å². The number of hydrogen-bond acceptors (Lipinski definition) is 4. The van der Waals surface area contributed by atoms with E-state index >= 15 is 0 Å².